The van der Waals surface area contributed by atoms with E-state index in [9.17, 15) is 18.0 Å². The van der Waals surface area contributed by atoms with Crippen LogP contribution in [-0.2, 0) is 21.2 Å². The third kappa shape index (κ3) is 7.52. The molecule has 1 heterocycles. The molecule has 3 amide bonds. The summed E-state index contributed by atoms with van der Waals surface area (Å²) in [6.45, 7) is 9.77. The quantitative estimate of drug-likeness (QED) is 0.261. The topological polar surface area (TPSA) is 132 Å². The van der Waals surface area contributed by atoms with Crippen molar-refractivity contribution in [3.63, 3.8) is 0 Å². The van der Waals surface area contributed by atoms with Crippen LogP contribution in [0.25, 0.3) is 0 Å². The van der Waals surface area contributed by atoms with E-state index in [1.165, 1.54) is 12.1 Å². The molecule has 3 aromatic carbocycles. The summed E-state index contributed by atoms with van der Waals surface area (Å²) in [5, 5.41) is 5.58. The summed E-state index contributed by atoms with van der Waals surface area (Å²) in [4.78, 5) is 25.8. The molecule has 0 aliphatic carbocycles. The Morgan fingerprint density at radius 2 is 1.60 bits per heavy atom. The van der Waals surface area contributed by atoms with Gasteiger partial charge in [0.1, 0.15) is 5.75 Å². The van der Waals surface area contributed by atoms with Crippen LogP contribution in [0, 0.1) is 0 Å². The average Bonchev–Trinajstić information content (AvgIpc) is 3.40. The summed E-state index contributed by atoms with van der Waals surface area (Å²) in [5.74, 6) is 0.664. The lowest BCUT2D eigenvalue weighted by Crippen LogP contribution is -2.37. The number of benzene rings is 3. The van der Waals surface area contributed by atoms with Gasteiger partial charge in [0.15, 0.2) is 11.5 Å². The molecule has 224 valence electrons. The number of fused-ring (bicyclic) bond motifs is 1. The Balaban J connectivity index is 1.65. The fourth-order valence-corrected chi connectivity index (χ4v) is 5.40. The number of hydrogen-bond acceptors (Lipinski definition) is 7. The molecule has 11 heteroatoms. The van der Waals surface area contributed by atoms with Crippen molar-refractivity contribution in [2.75, 3.05) is 12.1 Å². The highest BCUT2D eigenvalue weighted by Gasteiger charge is 2.30. The molecule has 1 atom stereocenters. The minimum absolute atomic E-state index is 0.0342. The summed E-state index contributed by atoms with van der Waals surface area (Å²) in [7, 11) is -4.20. The van der Waals surface area contributed by atoms with Gasteiger partial charge < -0.3 is 24.8 Å². The normalized spacial score (nSPS) is 13.1. The van der Waals surface area contributed by atoms with Crippen LogP contribution in [0.2, 0.25) is 0 Å². The van der Waals surface area contributed by atoms with Gasteiger partial charge in [-0.1, -0.05) is 45.4 Å². The molecule has 1 unspecified atom stereocenters. The highest BCUT2D eigenvalue weighted by molar-refractivity contribution is 7.90. The second-order valence-electron chi connectivity index (χ2n) is 10.6. The maximum absolute atomic E-state index is 13.6. The molecule has 0 radical (unpaired) electrons. The summed E-state index contributed by atoms with van der Waals surface area (Å²) >= 11 is 0. The Morgan fingerprint density at radius 3 is 2.26 bits per heavy atom. The van der Waals surface area contributed by atoms with Crippen LogP contribution in [0.4, 0.5) is 10.5 Å². The van der Waals surface area contributed by atoms with Crippen molar-refractivity contribution in [3.8, 4) is 17.2 Å². The molecule has 3 N–H and O–H groups in total. The second-order valence-corrected chi connectivity index (χ2v) is 12.3. The number of carbonyl (C=O) groups excluding carboxylic acids is 2. The number of aryl methyl sites for hydroxylation is 1. The molecular formula is C31H37N3O7S. The molecular weight excluding hydrogens is 558 g/mol. The average molecular weight is 596 g/mol. The van der Waals surface area contributed by atoms with Crippen molar-refractivity contribution in [3.05, 3.63) is 77.4 Å². The SMILES string of the molecule is CCCc1cc(NC(=O)NC(C)C)ccc1OC(C(=O)NS(=O)(=O)c1ccc(C(C)C)cc1)c1ccc2c(c1)OCO2. The number of carbonyl (C=O) groups is 2. The van der Waals surface area contributed by atoms with Crippen LogP contribution in [0.15, 0.2) is 65.6 Å². The fraction of sp³-hybridized carbons (Fsp3) is 0.355. The zero-order chi connectivity index (χ0) is 30.4. The van der Waals surface area contributed by atoms with Crippen molar-refractivity contribution in [1.82, 2.24) is 10.0 Å². The second kappa shape index (κ2) is 13.2. The molecule has 0 aromatic heterocycles. The molecule has 4 rings (SSSR count). The number of sulfonamides is 1. The molecule has 1 aliphatic rings. The molecule has 0 fully saturated rings. The third-order valence-electron chi connectivity index (χ3n) is 6.53. The lowest BCUT2D eigenvalue weighted by molar-refractivity contribution is -0.126. The number of hydrogen-bond donors (Lipinski definition) is 3. The standard InChI is InChI=1S/C31H37N3O7S/c1-6-7-22-16-24(33-31(36)32-20(4)5)11-15-26(22)41-29(23-10-14-27-28(17-23)40-18-39-27)30(35)34-42(37,38)25-12-8-21(9-13-25)19(2)3/h8-17,19-20,29H,6-7,18H2,1-5H3,(H,34,35)(H2,32,33,36). The monoisotopic (exact) mass is 595 g/mol. The third-order valence-corrected chi connectivity index (χ3v) is 7.89. The van der Waals surface area contributed by atoms with Gasteiger partial charge in [-0.05, 0) is 79.8 Å². The fourth-order valence-electron chi connectivity index (χ4n) is 4.42. The van der Waals surface area contributed by atoms with Gasteiger partial charge in [-0.15, -0.1) is 0 Å². The van der Waals surface area contributed by atoms with Crippen LogP contribution < -0.4 is 29.6 Å². The minimum atomic E-state index is -4.20. The van der Waals surface area contributed by atoms with E-state index in [-0.39, 0.29) is 29.7 Å². The molecule has 0 saturated carbocycles. The van der Waals surface area contributed by atoms with Crippen molar-refractivity contribution in [1.29, 1.82) is 0 Å². The number of rotatable bonds is 11. The number of nitrogens with one attached hydrogen (secondary N) is 3. The molecule has 1 aliphatic heterocycles. The molecule has 0 spiro atoms. The van der Waals surface area contributed by atoms with E-state index in [0.717, 1.165) is 17.5 Å². The van der Waals surface area contributed by atoms with Crippen LogP contribution >= 0.6 is 0 Å². The van der Waals surface area contributed by atoms with Gasteiger partial charge in [0.2, 0.25) is 12.9 Å². The Hall–Kier alpha value is -4.25. The highest BCUT2D eigenvalue weighted by Crippen LogP contribution is 2.36. The lowest BCUT2D eigenvalue weighted by Gasteiger charge is -2.22. The van der Waals surface area contributed by atoms with Gasteiger partial charge in [-0.25, -0.2) is 17.9 Å². The maximum atomic E-state index is 13.6. The first-order valence-electron chi connectivity index (χ1n) is 13.9. The highest BCUT2D eigenvalue weighted by atomic mass is 32.2. The predicted molar refractivity (Wildman–Crippen MR) is 160 cm³/mol. The molecule has 0 bridgehead atoms. The first-order valence-corrected chi connectivity index (χ1v) is 15.4. The van der Waals surface area contributed by atoms with E-state index in [1.54, 1.807) is 48.5 Å². The van der Waals surface area contributed by atoms with Gasteiger partial charge >= 0.3 is 6.03 Å². The summed E-state index contributed by atoms with van der Waals surface area (Å²) in [5.41, 5.74) is 2.65. The zero-order valence-electron chi connectivity index (χ0n) is 24.4. The van der Waals surface area contributed by atoms with Gasteiger partial charge in [0.05, 0.1) is 4.90 Å². The summed E-state index contributed by atoms with van der Waals surface area (Å²) in [6, 6.07) is 16.0. The van der Waals surface area contributed by atoms with E-state index in [0.29, 0.717) is 34.9 Å². The number of amides is 3. The number of urea groups is 1. The summed E-state index contributed by atoms with van der Waals surface area (Å²) < 4.78 is 45.8. The lowest BCUT2D eigenvalue weighted by atomic mass is 10.0. The largest absolute Gasteiger partial charge is 0.475 e. The zero-order valence-corrected chi connectivity index (χ0v) is 25.2. The van der Waals surface area contributed by atoms with E-state index in [4.69, 9.17) is 14.2 Å². The molecule has 3 aromatic rings. The number of anilines is 1. The Morgan fingerprint density at radius 1 is 0.905 bits per heavy atom. The molecule has 10 nitrogen and oxygen atoms in total. The van der Waals surface area contributed by atoms with Crippen LogP contribution in [0.1, 0.15) is 69.8 Å². The molecule has 42 heavy (non-hydrogen) atoms. The van der Waals surface area contributed by atoms with E-state index < -0.39 is 22.0 Å². The first-order chi connectivity index (χ1) is 20.0. The Kier molecular flexibility index (Phi) is 9.62. The Labute approximate surface area is 246 Å². The summed E-state index contributed by atoms with van der Waals surface area (Å²) in [6.07, 6.45) is 0.00888. The minimum Gasteiger partial charge on any atom is -0.475 e. The van der Waals surface area contributed by atoms with E-state index in [1.807, 2.05) is 34.6 Å². The van der Waals surface area contributed by atoms with Crippen molar-refractivity contribution < 1.29 is 32.2 Å². The van der Waals surface area contributed by atoms with Gasteiger partial charge in [-0.3, -0.25) is 4.79 Å². The predicted octanol–water partition coefficient (Wildman–Crippen LogP) is 5.65. The van der Waals surface area contributed by atoms with Crippen molar-refractivity contribution in [2.45, 2.75) is 70.4 Å². The van der Waals surface area contributed by atoms with Crippen molar-refractivity contribution >= 4 is 27.6 Å². The smallest absolute Gasteiger partial charge is 0.319 e. The van der Waals surface area contributed by atoms with Crippen LogP contribution in [0.5, 0.6) is 17.2 Å². The van der Waals surface area contributed by atoms with Gasteiger partial charge in [0, 0.05) is 17.3 Å². The molecule has 0 saturated heterocycles. The van der Waals surface area contributed by atoms with Crippen LogP contribution in [-0.4, -0.2) is 33.2 Å². The van der Waals surface area contributed by atoms with Gasteiger partial charge in [0.25, 0.3) is 15.9 Å². The van der Waals surface area contributed by atoms with E-state index in [2.05, 4.69) is 15.4 Å². The van der Waals surface area contributed by atoms with Crippen LogP contribution in [0.3, 0.4) is 0 Å². The Bertz CT molecular complexity index is 1540. The maximum Gasteiger partial charge on any atom is 0.319 e. The van der Waals surface area contributed by atoms with E-state index >= 15 is 0 Å². The van der Waals surface area contributed by atoms with Crippen molar-refractivity contribution in [2.24, 2.45) is 0 Å². The van der Waals surface area contributed by atoms with Gasteiger partial charge in [-0.2, -0.15) is 0 Å². The first kappa shape index (κ1) is 30.7. The number of ether oxygens (including phenoxy) is 3.